The lowest BCUT2D eigenvalue weighted by atomic mass is 10.1. The van der Waals surface area contributed by atoms with Crippen LogP contribution in [-0.2, 0) is 14.3 Å². The van der Waals surface area contributed by atoms with Gasteiger partial charge in [-0.15, -0.1) is 0 Å². The molecule has 0 atom stereocenters. The Hall–Kier alpha value is -4.00. The molecule has 0 fully saturated rings. The fourth-order valence-corrected chi connectivity index (χ4v) is 3.06. The summed E-state index contributed by atoms with van der Waals surface area (Å²) in [5.41, 5.74) is 1.33. The fourth-order valence-electron chi connectivity index (χ4n) is 3.06. The van der Waals surface area contributed by atoms with Gasteiger partial charge in [0.15, 0.2) is 6.61 Å². The first-order valence-electron chi connectivity index (χ1n) is 9.37. The average Bonchev–Trinajstić information content (AvgIpc) is 2.77. The van der Waals surface area contributed by atoms with Gasteiger partial charge in [-0.05, 0) is 42.1 Å². The fraction of sp³-hybridized carbons (Fsp3) is 0.130. The summed E-state index contributed by atoms with van der Waals surface area (Å²) in [4.78, 5) is 36.4. The molecule has 0 N–H and O–H groups in total. The van der Waals surface area contributed by atoms with Crippen molar-refractivity contribution in [1.82, 2.24) is 0 Å². The summed E-state index contributed by atoms with van der Waals surface area (Å²) in [6, 6.07) is 19.2. The lowest BCUT2D eigenvalue weighted by Crippen LogP contribution is -2.34. The Morgan fingerprint density at radius 1 is 1.03 bits per heavy atom. The second kappa shape index (κ2) is 9.47. The van der Waals surface area contributed by atoms with Gasteiger partial charge in [-0.2, -0.15) is 0 Å². The predicted octanol–water partition coefficient (Wildman–Crippen LogP) is 4.36. The average molecular weight is 404 g/mol. The third-order valence-electron chi connectivity index (χ3n) is 4.53. The summed E-state index contributed by atoms with van der Waals surface area (Å²) in [5, 5.41) is 12.6. The van der Waals surface area contributed by atoms with E-state index in [1.807, 2.05) is 49.4 Å². The second-order valence-corrected chi connectivity index (χ2v) is 6.43. The Morgan fingerprint density at radius 2 is 1.73 bits per heavy atom. The van der Waals surface area contributed by atoms with Crippen molar-refractivity contribution in [3.63, 3.8) is 0 Å². The van der Waals surface area contributed by atoms with Gasteiger partial charge in [-0.25, -0.2) is 4.79 Å². The molecule has 0 aliphatic heterocycles. The molecule has 0 heterocycles. The first-order valence-corrected chi connectivity index (χ1v) is 9.37. The Morgan fingerprint density at radius 3 is 2.43 bits per heavy atom. The van der Waals surface area contributed by atoms with Crippen LogP contribution in [0, 0.1) is 10.1 Å². The van der Waals surface area contributed by atoms with Crippen LogP contribution in [0.2, 0.25) is 0 Å². The largest absolute Gasteiger partial charge is 0.452 e. The van der Waals surface area contributed by atoms with Crippen molar-refractivity contribution < 1.29 is 19.2 Å². The molecule has 0 aromatic heterocycles. The minimum absolute atomic E-state index is 0.0339. The number of anilines is 1. The van der Waals surface area contributed by atoms with Gasteiger partial charge in [0.05, 0.1) is 10.6 Å². The van der Waals surface area contributed by atoms with Gasteiger partial charge in [0.1, 0.15) is 0 Å². The van der Waals surface area contributed by atoms with Crippen LogP contribution in [-0.4, -0.2) is 30.0 Å². The van der Waals surface area contributed by atoms with Crippen molar-refractivity contribution in [3.05, 3.63) is 88.5 Å². The molecule has 0 spiro atoms. The molecule has 152 valence electrons. The number of ether oxygens (including phenoxy) is 1. The summed E-state index contributed by atoms with van der Waals surface area (Å²) in [6.45, 7) is 1.90. The molecule has 0 radical (unpaired) electrons. The summed E-state index contributed by atoms with van der Waals surface area (Å²) in [7, 11) is 0. The van der Waals surface area contributed by atoms with Crippen LogP contribution in [0.1, 0.15) is 12.5 Å². The number of benzene rings is 3. The molecule has 0 aliphatic rings. The SMILES string of the molecule is CCN(C(=O)COC(=O)/C=C/c1ccc([N+](=O)[O-])cc1)c1cccc2ccccc12. The molecule has 30 heavy (non-hydrogen) atoms. The topological polar surface area (TPSA) is 89.8 Å². The number of amides is 1. The molecule has 7 nitrogen and oxygen atoms in total. The number of nitro groups is 1. The van der Waals surface area contributed by atoms with Crippen molar-refractivity contribution in [2.45, 2.75) is 6.92 Å². The Kier molecular flexibility index (Phi) is 6.54. The number of rotatable bonds is 7. The van der Waals surface area contributed by atoms with Gasteiger partial charge < -0.3 is 9.64 Å². The number of nitro benzene ring substituents is 1. The number of fused-ring (bicyclic) bond motifs is 1. The normalized spacial score (nSPS) is 10.8. The quantitative estimate of drug-likeness (QED) is 0.253. The van der Waals surface area contributed by atoms with E-state index < -0.39 is 10.9 Å². The minimum atomic E-state index is -0.671. The van der Waals surface area contributed by atoms with Gasteiger partial charge in [0.2, 0.25) is 0 Å². The van der Waals surface area contributed by atoms with Crippen molar-refractivity contribution in [2.75, 3.05) is 18.1 Å². The van der Waals surface area contributed by atoms with Crippen LogP contribution in [0.5, 0.6) is 0 Å². The number of hydrogen-bond donors (Lipinski definition) is 0. The van der Waals surface area contributed by atoms with Crippen LogP contribution in [0.15, 0.2) is 72.8 Å². The molecule has 0 bridgehead atoms. The molecule has 1 amide bonds. The number of carbonyl (C=O) groups is 2. The molecule has 0 unspecified atom stereocenters. The Balaban J connectivity index is 1.63. The van der Waals surface area contributed by atoms with Crippen LogP contribution in [0.25, 0.3) is 16.8 Å². The van der Waals surface area contributed by atoms with Crippen LogP contribution in [0.3, 0.4) is 0 Å². The molecule has 0 saturated carbocycles. The Labute approximate surface area is 173 Å². The highest BCUT2D eigenvalue weighted by Gasteiger charge is 2.17. The van der Waals surface area contributed by atoms with Crippen LogP contribution < -0.4 is 4.90 Å². The zero-order chi connectivity index (χ0) is 21.5. The summed E-state index contributed by atoms with van der Waals surface area (Å²) >= 11 is 0. The maximum atomic E-state index is 12.7. The van der Waals surface area contributed by atoms with Crippen LogP contribution in [0.4, 0.5) is 11.4 Å². The number of non-ortho nitro benzene ring substituents is 1. The smallest absolute Gasteiger partial charge is 0.331 e. The van der Waals surface area contributed by atoms with E-state index in [0.29, 0.717) is 12.1 Å². The van der Waals surface area contributed by atoms with E-state index in [-0.39, 0.29) is 18.2 Å². The lowest BCUT2D eigenvalue weighted by Gasteiger charge is -2.22. The third-order valence-corrected chi connectivity index (χ3v) is 4.53. The van der Waals surface area contributed by atoms with Crippen molar-refractivity contribution in [1.29, 1.82) is 0 Å². The molecule has 0 saturated heterocycles. The van der Waals surface area contributed by atoms with E-state index in [1.54, 1.807) is 4.90 Å². The standard InChI is InChI=1S/C23H20N2O5/c1-2-24(21-9-5-7-18-6-3-4-8-20(18)21)22(26)16-30-23(27)15-12-17-10-13-19(14-11-17)25(28)29/h3-15H,2,16H2,1H3/b15-12+. The van der Waals surface area contributed by atoms with Gasteiger partial charge in [0, 0.05) is 30.1 Å². The molecule has 3 rings (SSSR count). The lowest BCUT2D eigenvalue weighted by molar-refractivity contribution is -0.384. The van der Waals surface area contributed by atoms with Crippen molar-refractivity contribution in [2.24, 2.45) is 0 Å². The molecule has 7 heteroatoms. The van der Waals surface area contributed by atoms with Gasteiger partial charge in [-0.1, -0.05) is 36.4 Å². The highest BCUT2D eigenvalue weighted by Crippen LogP contribution is 2.26. The number of esters is 1. The van der Waals surface area contributed by atoms with Gasteiger partial charge in [-0.3, -0.25) is 14.9 Å². The van der Waals surface area contributed by atoms with Gasteiger partial charge >= 0.3 is 5.97 Å². The molecule has 0 aliphatic carbocycles. The third kappa shape index (κ3) is 4.88. The molecular formula is C23H20N2O5. The number of likely N-dealkylation sites (N-methyl/N-ethyl adjacent to an activating group) is 1. The van der Waals surface area contributed by atoms with E-state index in [2.05, 4.69) is 0 Å². The van der Waals surface area contributed by atoms with E-state index in [1.165, 1.54) is 36.4 Å². The molecule has 3 aromatic carbocycles. The van der Waals surface area contributed by atoms with Gasteiger partial charge in [0.25, 0.3) is 11.6 Å². The first-order chi connectivity index (χ1) is 14.5. The zero-order valence-corrected chi connectivity index (χ0v) is 16.4. The first kappa shape index (κ1) is 20.7. The molecular weight excluding hydrogens is 384 g/mol. The summed E-state index contributed by atoms with van der Waals surface area (Å²) < 4.78 is 5.08. The van der Waals surface area contributed by atoms with Crippen LogP contribution >= 0.6 is 0 Å². The van der Waals surface area contributed by atoms with E-state index >= 15 is 0 Å². The highest BCUT2D eigenvalue weighted by molar-refractivity contribution is 6.04. The number of nitrogens with zero attached hydrogens (tertiary/aromatic N) is 2. The van der Waals surface area contributed by atoms with E-state index in [4.69, 9.17) is 4.74 Å². The second-order valence-electron chi connectivity index (χ2n) is 6.43. The highest BCUT2D eigenvalue weighted by atomic mass is 16.6. The monoisotopic (exact) mass is 404 g/mol. The summed E-state index contributed by atoms with van der Waals surface area (Å²) in [6.07, 6.45) is 2.65. The summed E-state index contributed by atoms with van der Waals surface area (Å²) in [5.74, 6) is -0.999. The Bertz CT molecular complexity index is 1100. The number of carbonyl (C=O) groups excluding carboxylic acids is 2. The van der Waals surface area contributed by atoms with E-state index in [9.17, 15) is 19.7 Å². The van der Waals surface area contributed by atoms with Crippen molar-refractivity contribution >= 4 is 40.1 Å². The predicted molar refractivity (Wildman–Crippen MR) is 115 cm³/mol. The maximum Gasteiger partial charge on any atom is 0.331 e. The minimum Gasteiger partial charge on any atom is -0.452 e. The van der Waals surface area contributed by atoms with E-state index in [0.717, 1.165) is 16.5 Å². The zero-order valence-electron chi connectivity index (χ0n) is 16.4. The number of hydrogen-bond acceptors (Lipinski definition) is 5. The molecule has 3 aromatic rings. The van der Waals surface area contributed by atoms with Crippen molar-refractivity contribution in [3.8, 4) is 0 Å². The maximum absolute atomic E-state index is 12.7.